The molecule has 0 aliphatic heterocycles. The number of carbonyl (C=O) groups is 2. The number of nitrogens with two attached hydrogens (primary N) is 1. The molecule has 10 N–H and O–H groups in total. The Kier molecular flexibility index (Phi) is 52.1. The molecule has 0 rings (SSSR count). The molecule has 0 aromatic carbocycles. The van der Waals surface area contributed by atoms with Gasteiger partial charge in [-0.3, -0.25) is 20.3 Å². The molecular weight excluding hydrogens is 751 g/mol. The molecular formula is C44H91Cl3N6O2. The molecule has 0 aliphatic carbocycles. The highest BCUT2D eigenvalue weighted by Gasteiger charge is 2.26. The maximum Gasteiger partial charge on any atom is 0.282 e. The van der Waals surface area contributed by atoms with Gasteiger partial charge in [0, 0.05) is 26.4 Å². The van der Waals surface area contributed by atoms with E-state index in [2.05, 4.69) is 47.8 Å². The van der Waals surface area contributed by atoms with E-state index in [-0.39, 0.29) is 61.6 Å². The molecule has 0 bridgehead atoms. The zero-order valence-electron chi connectivity index (χ0n) is 36.2. The smallest absolute Gasteiger partial charge is 0.282 e. The average molecular weight is 843 g/mol. The summed E-state index contributed by atoms with van der Waals surface area (Å²) in [6.07, 6.45) is 42.8. The van der Waals surface area contributed by atoms with Crippen molar-refractivity contribution < 1.29 is 63.3 Å². The summed E-state index contributed by atoms with van der Waals surface area (Å²) in [6, 6.07) is -0.831. The van der Waals surface area contributed by atoms with Gasteiger partial charge < -0.3 is 58.9 Å². The quantitative estimate of drug-likeness (QED) is 0.0210. The third kappa shape index (κ3) is 42.4. The van der Waals surface area contributed by atoms with Crippen molar-refractivity contribution >= 4 is 17.6 Å². The number of allylic oxidation sites excluding steroid dienone is 2. The molecule has 0 fully saturated rings. The lowest BCUT2D eigenvalue weighted by Crippen LogP contribution is -3.00. The Bertz CT molecular complexity index is 876. The molecule has 0 saturated carbocycles. The fourth-order valence-corrected chi connectivity index (χ4v) is 6.86. The molecule has 0 aromatic rings. The van der Waals surface area contributed by atoms with E-state index in [9.17, 15) is 9.59 Å². The van der Waals surface area contributed by atoms with Crippen LogP contribution in [0.3, 0.4) is 0 Å². The number of unbranched alkanes of at least 4 members (excludes halogenated alkanes) is 25. The number of rotatable bonds is 39. The van der Waals surface area contributed by atoms with Crippen LogP contribution < -0.4 is 64.7 Å². The molecule has 8 nitrogen and oxygen atoms in total. The standard InChI is InChI=1S/C44H88N6O2.3ClH/c1-4-6-8-10-12-14-16-18-20-21-23-25-27-29-31-33-38-50(37-32-30-28-26-24-22-19-17-15-13-11-9-7-5-2)44(52)42(47)39-49-43(51)41(46)35-34-36-48-40(3)45;;;/h18,20,41-42H,4-17,19,21-39,46-47H2,1-3H3,(H2,45,48)(H,49,51);3*1H/b20-18-;;;. The minimum Gasteiger partial charge on any atom is -1.00 e. The fraction of sp³-hybridized carbons (Fsp3) is 0.886. The van der Waals surface area contributed by atoms with Crippen LogP contribution in [0.4, 0.5) is 0 Å². The molecule has 2 unspecified atom stereocenters. The van der Waals surface area contributed by atoms with Crippen LogP contribution >= 0.6 is 0 Å². The van der Waals surface area contributed by atoms with Crippen LogP contribution in [-0.2, 0) is 9.59 Å². The Morgan fingerprint density at radius 1 is 0.582 bits per heavy atom. The Morgan fingerprint density at radius 2 is 0.945 bits per heavy atom. The van der Waals surface area contributed by atoms with Crippen LogP contribution in [0.2, 0.25) is 0 Å². The van der Waals surface area contributed by atoms with Crippen molar-refractivity contribution in [3.63, 3.8) is 0 Å². The normalized spacial score (nSPS) is 12.4. The second-order valence-electron chi connectivity index (χ2n) is 15.8. The van der Waals surface area contributed by atoms with Gasteiger partial charge in [-0.15, -0.1) is 0 Å². The van der Waals surface area contributed by atoms with Gasteiger partial charge in [-0.1, -0.05) is 167 Å². The van der Waals surface area contributed by atoms with E-state index in [1.54, 1.807) is 0 Å². The lowest BCUT2D eigenvalue weighted by molar-refractivity contribution is -0.463. The summed E-state index contributed by atoms with van der Waals surface area (Å²) in [6.45, 7) is 8.96. The highest BCUT2D eigenvalue weighted by molar-refractivity contribution is 5.83. The lowest BCUT2D eigenvalue weighted by Gasteiger charge is -2.25. The van der Waals surface area contributed by atoms with Gasteiger partial charge in [-0.05, 0) is 44.9 Å². The van der Waals surface area contributed by atoms with Gasteiger partial charge in [0.2, 0.25) is 5.84 Å². The summed E-state index contributed by atoms with van der Waals surface area (Å²) in [5.74, 6) is 0.641. The average Bonchev–Trinajstić information content (AvgIpc) is 3.13. The Morgan fingerprint density at radius 3 is 1.33 bits per heavy atom. The summed E-state index contributed by atoms with van der Waals surface area (Å²) < 4.78 is 0. The zero-order valence-corrected chi connectivity index (χ0v) is 38.5. The van der Waals surface area contributed by atoms with Crippen LogP contribution in [0.1, 0.15) is 213 Å². The molecule has 0 spiro atoms. The molecule has 11 heteroatoms. The number of carbonyl (C=O) groups excluding carboxylic acids is 2. The molecule has 55 heavy (non-hydrogen) atoms. The predicted octanol–water partition coefficient (Wildman–Crippen LogP) is -2.08. The summed E-state index contributed by atoms with van der Waals surface area (Å²) in [5.41, 5.74) is 13.8. The highest BCUT2D eigenvalue weighted by Crippen LogP contribution is 2.14. The van der Waals surface area contributed by atoms with E-state index in [0.29, 0.717) is 12.3 Å². The van der Waals surface area contributed by atoms with E-state index >= 15 is 0 Å². The summed E-state index contributed by atoms with van der Waals surface area (Å²) in [5, 5.41) is 2.94. The first kappa shape index (κ1) is 60.6. The van der Waals surface area contributed by atoms with Gasteiger partial charge in [-0.2, -0.15) is 0 Å². The summed E-state index contributed by atoms with van der Waals surface area (Å²) >= 11 is 0. The van der Waals surface area contributed by atoms with Gasteiger partial charge in [-0.25, -0.2) is 0 Å². The van der Waals surface area contributed by atoms with E-state index < -0.39 is 6.04 Å². The third-order valence-electron chi connectivity index (χ3n) is 10.4. The Hall–Kier alpha value is -1.06. The van der Waals surface area contributed by atoms with Crippen LogP contribution in [0.25, 0.3) is 0 Å². The van der Waals surface area contributed by atoms with E-state index in [1.165, 1.54) is 161 Å². The third-order valence-corrected chi connectivity index (χ3v) is 10.4. The number of amides is 2. The lowest BCUT2D eigenvalue weighted by atomic mass is 10.0. The van der Waals surface area contributed by atoms with Gasteiger partial charge in [0.25, 0.3) is 11.8 Å². The second kappa shape index (κ2) is 47.3. The van der Waals surface area contributed by atoms with Crippen molar-refractivity contribution in [1.29, 1.82) is 0 Å². The number of hydrogen-bond acceptors (Lipinski definition) is 2. The van der Waals surface area contributed by atoms with Crippen LogP contribution in [-0.4, -0.2) is 60.8 Å². The molecule has 0 saturated heterocycles. The SMILES string of the molecule is CCCCCCCC/C=C\CCCCCCCCN(CCCCCCCCCCCCCCCC)C(=O)C([NH3+])CNC(=O)C([NH3+])CCC[NH+]=C(C)N.[Cl-].[Cl-].[Cl-]. The Balaban J connectivity index is -0.00000433. The maximum absolute atomic E-state index is 13.5. The first-order valence-corrected chi connectivity index (χ1v) is 22.5. The fourth-order valence-electron chi connectivity index (χ4n) is 6.86. The predicted molar refractivity (Wildman–Crippen MR) is 223 cm³/mol. The number of nitrogens with one attached hydrogen (secondary N) is 2. The highest BCUT2D eigenvalue weighted by atomic mass is 35.5. The number of quaternary nitrogens is 2. The van der Waals surface area contributed by atoms with Crippen molar-refractivity contribution in [3.05, 3.63) is 12.2 Å². The zero-order chi connectivity index (χ0) is 38.3. The van der Waals surface area contributed by atoms with Gasteiger partial charge >= 0.3 is 0 Å². The number of hydrogen-bond donors (Lipinski definition) is 5. The molecule has 0 radical (unpaired) electrons. The Labute approximate surface area is 359 Å². The molecule has 330 valence electrons. The first-order valence-electron chi connectivity index (χ1n) is 22.5. The van der Waals surface area contributed by atoms with Crippen molar-refractivity contribution in [2.24, 2.45) is 5.73 Å². The largest absolute Gasteiger partial charge is 1.00 e. The molecule has 0 heterocycles. The molecule has 2 amide bonds. The van der Waals surface area contributed by atoms with Crippen molar-refractivity contribution in [1.82, 2.24) is 10.2 Å². The second-order valence-corrected chi connectivity index (χ2v) is 15.8. The van der Waals surface area contributed by atoms with Crippen LogP contribution in [0, 0.1) is 0 Å². The summed E-state index contributed by atoms with van der Waals surface area (Å²) in [4.78, 5) is 31.3. The number of nitrogens with zero attached hydrogens (tertiary/aromatic N) is 1. The van der Waals surface area contributed by atoms with Gasteiger partial charge in [0.05, 0.1) is 13.1 Å². The minimum absolute atomic E-state index is 0. The maximum atomic E-state index is 13.5. The van der Waals surface area contributed by atoms with Crippen molar-refractivity contribution in [2.75, 3.05) is 26.2 Å². The number of halogens is 3. The molecule has 2 atom stereocenters. The van der Waals surface area contributed by atoms with E-state index in [1.807, 2.05) is 11.8 Å². The van der Waals surface area contributed by atoms with Crippen molar-refractivity contribution in [3.8, 4) is 0 Å². The van der Waals surface area contributed by atoms with E-state index in [4.69, 9.17) is 5.73 Å². The van der Waals surface area contributed by atoms with Crippen LogP contribution in [0.15, 0.2) is 12.2 Å². The first-order chi connectivity index (χ1) is 25.3. The topological polar surface area (TPSA) is 145 Å². The molecule has 0 aromatic heterocycles. The number of amidine groups is 1. The van der Waals surface area contributed by atoms with Crippen LogP contribution in [0.5, 0.6) is 0 Å². The van der Waals surface area contributed by atoms with Gasteiger partial charge in [0.1, 0.15) is 0 Å². The van der Waals surface area contributed by atoms with Crippen molar-refractivity contribution in [2.45, 2.75) is 225 Å². The van der Waals surface area contributed by atoms with Gasteiger partial charge in [0.15, 0.2) is 12.1 Å². The molecule has 0 aliphatic rings. The van der Waals surface area contributed by atoms with E-state index in [0.717, 1.165) is 45.3 Å². The monoisotopic (exact) mass is 841 g/mol. The summed E-state index contributed by atoms with van der Waals surface area (Å²) in [7, 11) is 0. The minimum atomic E-state index is -0.479.